The maximum Gasteiger partial charge on any atom is 0.205 e. The van der Waals surface area contributed by atoms with Gasteiger partial charge in [-0.15, -0.1) is 0 Å². The molecule has 0 fully saturated rings. The van der Waals surface area contributed by atoms with Crippen LogP contribution in [0.15, 0.2) is 105 Å². The molecule has 1 aromatic carbocycles. The van der Waals surface area contributed by atoms with Gasteiger partial charge in [-0.2, -0.15) is 5.26 Å². The van der Waals surface area contributed by atoms with Crippen molar-refractivity contribution in [3.63, 3.8) is 0 Å². The van der Waals surface area contributed by atoms with Crippen molar-refractivity contribution in [2.45, 2.75) is 12.5 Å². The van der Waals surface area contributed by atoms with E-state index in [1.165, 1.54) is 5.56 Å². The average molecular weight is 411 g/mol. The molecule has 6 heteroatoms. The van der Waals surface area contributed by atoms with Gasteiger partial charge in [0.25, 0.3) is 0 Å². The van der Waals surface area contributed by atoms with E-state index in [-0.39, 0.29) is 11.8 Å². The Kier molecular flexibility index (Phi) is 4.95. The maximum atomic E-state index is 9.83. The first-order chi connectivity index (χ1) is 15.2. The molecule has 0 radical (unpaired) electrons. The summed E-state index contributed by atoms with van der Waals surface area (Å²) in [5, 5.41) is 9.83. The third-order valence-corrected chi connectivity index (χ3v) is 5.62. The van der Waals surface area contributed by atoms with E-state index >= 15 is 0 Å². The number of rotatable bonds is 4. The highest BCUT2D eigenvalue weighted by molar-refractivity contribution is 5.62. The lowest BCUT2D eigenvalue weighted by Crippen LogP contribution is -2.37. The first-order valence-corrected chi connectivity index (χ1v) is 10.0. The van der Waals surface area contributed by atoms with Crippen LogP contribution in [0.25, 0.3) is 6.08 Å². The molecule has 2 aromatic heterocycles. The largest absolute Gasteiger partial charge is 0.472 e. The van der Waals surface area contributed by atoms with E-state index in [1.807, 2.05) is 36.4 Å². The van der Waals surface area contributed by atoms with E-state index < -0.39 is 0 Å². The zero-order valence-electron chi connectivity index (χ0n) is 16.8. The van der Waals surface area contributed by atoms with E-state index in [4.69, 9.17) is 19.3 Å². The van der Waals surface area contributed by atoms with E-state index in [9.17, 15) is 5.26 Å². The zero-order chi connectivity index (χ0) is 21.2. The molecule has 1 unspecified atom stereocenters. The summed E-state index contributed by atoms with van der Waals surface area (Å²) in [7, 11) is 0. The van der Waals surface area contributed by atoms with Crippen molar-refractivity contribution in [2.24, 2.45) is 5.73 Å². The van der Waals surface area contributed by atoms with Crippen LogP contribution in [0.1, 0.15) is 22.6 Å². The van der Waals surface area contributed by atoms with Crippen LogP contribution in [0.5, 0.6) is 0 Å². The lowest BCUT2D eigenvalue weighted by Gasteiger charge is -2.38. The van der Waals surface area contributed by atoms with Crippen LogP contribution in [0.3, 0.4) is 0 Å². The molecule has 0 bridgehead atoms. The molecule has 2 N–H and O–H groups in total. The fourth-order valence-electron chi connectivity index (χ4n) is 4.27. The molecule has 0 spiro atoms. The van der Waals surface area contributed by atoms with Crippen LogP contribution >= 0.6 is 0 Å². The fraction of sp³-hybridized carbons (Fsp3) is 0.160. The summed E-state index contributed by atoms with van der Waals surface area (Å²) in [6, 6.07) is 16.4. The SMILES string of the molecule is N#CC1=C(N)OC2=C(CN(Cc3ccccc3)C/C2=C\c2ccoc2)C1c1ccoc1. The molecule has 0 aliphatic carbocycles. The monoisotopic (exact) mass is 411 g/mol. The first-order valence-electron chi connectivity index (χ1n) is 10.0. The van der Waals surface area contributed by atoms with Gasteiger partial charge >= 0.3 is 0 Å². The highest BCUT2D eigenvalue weighted by Crippen LogP contribution is 2.44. The summed E-state index contributed by atoms with van der Waals surface area (Å²) < 4.78 is 16.6. The number of nitrogens with two attached hydrogens (primary N) is 1. The second kappa shape index (κ2) is 8.05. The van der Waals surface area contributed by atoms with Crippen molar-refractivity contribution in [3.05, 3.63) is 113 Å². The Morgan fingerprint density at radius 3 is 2.58 bits per heavy atom. The van der Waals surface area contributed by atoms with Gasteiger partial charge in [0.2, 0.25) is 5.88 Å². The number of ether oxygens (including phenoxy) is 1. The number of nitriles is 1. The van der Waals surface area contributed by atoms with Gasteiger partial charge in [0.15, 0.2) is 0 Å². The standard InChI is InChI=1S/C25H21N3O3/c26-11-21-23(19-7-9-30-16-19)22-14-28(12-17-4-2-1-3-5-17)13-20(24(22)31-25(21)27)10-18-6-8-29-15-18/h1-10,15-16,23H,12-14,27H2/b20-10+. The van der Waals surface area contributed by atoms with E-state index in [0.717, 1.165) is 34.6 Å². The third-order valence-electron chi connectivity index (χ3n) is 5.62. The van der Waals surface area contributed by atoms with Crippen LogP contribution in [0.2, 0.25) is 0 Å². The second-order valence-electron chi connectivity index (χ2n) is 7.69. The van der Waals surface area contributed by atoms with Gasteiger partial charge in [0.1, 0.15) is 17.4 Å². The number of hydrogen-bond acceptors (Lipinski definition) is 6. The lowest BCUT2D eigenvalue weighted by atomic mass is 9.81. The van der Waals surface area contributed by atoms with Gasteiger partial charge in [-0.05, 0) is 29.3 Å². The number of hydrogen-bond donors (Lipinski definition) is 1. The van der Waals surface area contributed by atoms with Crippen LogP contribution < -0.4 is 5.73 Å². The Hall–Kier alpha value is -3.95. The lowest BCUT2D eigenvalue weighted by molar-refractivity contribution is 0.230. The minimum Gasteiger partial charge on any atom is -0.472 e. The molecule has 2 aliphatic heterocycles. The van der Waals surface area contributed by atoms with Gasteiger partial charge in [0.05, 0.1) is 31.0 Å². The Bertz CT molecular complexity index is 1200. The molecule has 0 saturated heterocycles. The third kappa shape index (κ3) is 3.67. The van der Waals surface area contributed by atoms with Gasteiger partial charge in [-0.1, -0.05) is 30.3 Å². The van der Waals surface area contributed by atoms with Crippen LogP contribution in [0, 0.1) is 11.3 Å². The fourth-order valence-corrected chi connectivity index (χ4v) is 4.27. The van der Waals surface area contributed by atoms with Crippen molar-refractivity contribution in [1.82, 2.24) is 4.90 Å². The summed E-state index contributed by atoms with van der Waals surface area (Å²) in [5.74, 6) is 0.564. The normalized spacial score (nSPS) is 20.5. The predicted octanol–water partition coefficient (Wildman–Crippen LogP) is 4.53. The Labute approximate surface area is 180 Å². The molecule has 0 saturated carbocycles. The van der Waals surface area contributed by atoms with Crippen LogP contribution in [-0.4, -0.2) is 18.0 Å². The molecule has 31 heavy (non-hydrogen) atoms. The van der Waals surface area contributed by atoms with Gasteiger partial charge in [-0.25, -0.2) is 0 Å². The van der Waals surface area contributed by atoms with E-state index in [0.29, 0.717) is 18.7 Å². The van der Waals surface area contributed by atoms with Crippen molar-refractivity contribution in [3.8, 4) is 6.07 Å². The maximum absolute atomic E-state index is 9.83. The first kappa shape index (κ1) is 19.0. The highest BCUT2D eigenvalue weighted by Gasteiger charge is 2.38. The molecule has 1 atom stereocenters. The zero-order valence-corrected chi connectivity index (χ0v) is 16.8. The topological polar surface area (TPSA) is 88.6 Å². The molecular weight excluding hydrogens is 390 g/mol. The van der Waals surface area contributed by atoms with Crippen molar-refractivity contribution in [2.75, 3.05) is 13.1 Å². The van der Waals surface area contributed by atoms with Crippen molar-refractivity contribution >= 4 is 6.08 Å². The average Bonchev–Trinajstić information content (AvgIpc) is 3.48. The molecule has 5 rings (SSSR count). The van der Waals surface area contributed by atoms with Crippen LogP contribution in [0.4, 0.5) is 0 Å². The highest BCUT2D eigenvalue weighted by atomic mass is 16.5. The van der Waals surface area contributed by atoms with E-state index in [1.54, 1.807) is 25.1 Å². The van der Waals surface area contributed by atoms with Gasteiger partial charge in [0, 0.05) is 36.3 Å². The summed E-state index contributed by atoms with van der Waals surface area (Å²) in [5.41, 5.74) is 11.7. The molecule has 154 valence electrons. The Balaban J connectivity index is 1.60. The number of nitrogens with zero attached hydrogens (tertiary/aromatic N) is 2. The number of furan rings is 2. The van der Waals surface area contributed by atoms with Crippen LogP contribution in [-0.2, 0) is 11.3 Å². The van der Waals surface area contributed by atoms with Gasteiger partial charge in [-0.3, -0.25) is 4.90 Å². The Morgan fingerprint density at radius 2 is 1.87 bits per heavy atom. The van der Waals surface area contributed by atoms with E-state index in [2.05, 4.69) is 23.1 Å². The predicted molar refractivity (Wildman–Crippen MR) is 115 cm³/mol. The summed E-state index contributed by atoms with van der Waals surface area (Å²) >= 11 is 0. The van der Waals surface area contributed by atoms with Crippen molar-refractivity contribution in [1.29, 1.82) is 5.26 Å². The second-order valence-corrected chi connectivity index (χ2v) is 7.69. The minimum absolute atomic E-state index is 0.141. The molecular formula is C25H21N3O3. The molecule has 6 nitrogen and oxygen atoms in total. The summed E-state index contributed by atoms with van der Waals surface area (Å²) in [4.78, 5) is 2.34. The Morgan fingerprint density at radius 1 is 1.06 bits per heavy atom. The van der Waals surface area contributed by atoms with Gasteiger partial charge < -0.3 is 19.3 Å². The summed E-state index contributed by atoms with van der Waals surface area (Å²) in [6.45, 7) is 2.12. The number of allylic oxidation sites excluding steroid dienone is 1. The van der Waals surface area contributed by atoms with Crippen molar-refractivity contribution < 1.29 is 13.6 Å². The molecule has 3 aromatic rings. The summed E-state index contributed by atoms with van der Waals surface area (Å²) in [6.07, 6.45) is 8.67. The quantitative estimate of drug-likeness (QED) is 0.678. The molecule has 4 heterocycles. The molecule has 0 amide bonds. The number of benzene rings is 1. The molecule has 2 aliphatic rings. The smallest absolute Gasteiger partial charge is 0.205 e. The minimum atomic E-state index is -0.307.